The first-order valence-corrected chi connectivity index (χ1v) is 6.85. The van der Waals surface area contributed by atoms with E-state index in [0.717, 1.165) is 12.8 Å². The van der Waals surface area contributed by atoms with E-state index in [1.54, 1.807) is 12.1 Å². The lowest BCUT2D eigenvalue weighted by atomic mass is 10.2. The first-order valence-electron chi connectivity index (χ1n) is 6.85. The topological polar surface area (TPSA) is 85.8 Å². The lowest BCUT2D eigenvalue weighted by Crippen LogP contribution is -2.38. The maximum Gasteiger partial charge on any atom is 0.273 e. The van der Waals surface area contributed by atoms with Gasteiger partial charge in [-0.1, -0.05) is 0 Å². The van der Waals surface area contributed by atoms with Crippen LogP contribution in [0.15, 0.2) is 30.5 Å². The van der Waals surface area contributed by atoms with Crippen LogP contribution < -0.4 is 11.1 Å². The van der Waals surface area contributed by atoms with Crippen LogP contribution in [0.3, 0.4) is 0 Å². The lowest BCUT2D eigenvalue weighted by Gasteiger charge is -2.10. The minimum Gasteiger partial charge on any atom is -0.349 e. The second-order valence-electron chi connectivity index (χ2n) is 5.21. The molecule has 1 amide bonds. The van der Waals surface area contributed by atoms with Crippen LogP contribution in [-0.4, -0.2) is 33.5 Å². The summed E-state index contributed by atoms with van der Waals surface area (Å²) in [5, 5.41) is 10.8. The minimum atomic E-state index is -0.335. The molecule has 2 aromatic rings. The fourth-order valence-corrected chi connectivity index (χ4v) is 2.06. The Labute approximate surface area is 121 Å². The first kappa shape index (κ1) is 13.7. The van der Waals surface area contributed by atoms with E-state index in [1.165, 1.54) is 23.1 Å². The number of amides is 1. The Morgan fingerprint density at radius 3 is 2.81 bits per heavy atom. The number of hydrogen-bond donors (Lipinski definition) is 2. The van der Waals surface area contributed by atoms with Crippen LogP contribution >= 0.6 is 0 Å². The predicted molar refractivity (Wildman–Crippen MR) is 74.3 cm³/mol. The maximum atomic E-state index is 12.9. The number of aromatic nitrogens is 3. The predicted octanol–water partition coefficient (Wildman–Crippen LogP) is 0.873. The summed E-state index contributed by atoms with van der Waals surface area (Å²) in [4.78, 5) is 13.2. The zero-order valence-electron chi connectivity index (χ0n) is 11.4. The maximum absolute atomic E-state index is 12.9. The van der Waals surface area contributed by atoms with Crippen molar-refractivity contribution in [1.82, 2.24) is 20.3 Å². The lowest BCUT2D eigenvalue weighted by molar-refractivity contribution is 0.0945. The minimum absolute atomic E-state index is 0.00101. The van der Waals surface area contributed by atoms with Crippen molar-refractivity contribution in [2.75, 3.05) is 6.54 Å². The number of benzene rings is 1. The Balaban J connectivity index is 1.63. The summed E-state index contributed by atoms with van der Waals surface area (Å²) in [5.41, 5.74) is 6.72. The summed E-state index contributed by atoms with van der Waals surface area (Å²) >= 11 is 0. The standard InChI is InChI=1S/C14H16FN5O/c15-10-3-5-11(6-4-10)20-18-8-13(19-20)14(21)17-7-12(16)9-1-2-9/h3-6,8-9,12H,1-2,7,16H2,(H,17,21). The third-order valence-corrected chi connectivity index (χ3v) is 3.51. The summed E-state index contributed by atoms with van der Waals surface area (Å²) < 4.78 is 12.9. The average molecular weight is 289 g/mol. The van der Waals surface area contributed by atoms with E-state index in [2.05, 4.69) is 15.5 Å². The number of halogens is 1. The van der Waals surface area contributed by atoms with Crippen LogP contribution in [0.2, 0.25) is 0 Å². The molecule has 110 valence electrons. The zero-order valence-corrected chi connectivity index (χ0v) is 11.4. The molecule has 3 N–H and O–H groups in total. The Hall–Kier alpha value is -2.28. The molecule has 1 heterocycles. The van der Waals surface area contributed by atoms with Crippen molar-refractivity contribution in [1.29, 1.82) is 0 Å². The largest absolute Gasteiger partial charge is 0.349 e. The Morgan fingerprint density at radius 2 is 2.14 bits per heavy atom. The van der Waals surface area contributed by atoms with Gasteiger partial charge in [-0.15, -0.1) is 5.10 Å². The van der Waals surface area contributed by atoms with E-state index >= 15 is 0 Å². The number of carbonyl (C=O) groups excluding carboxylic acids is 1. The van der Waals surface area contributed by atoms with Crippen molar-refractivity contribution in [3.05, 3.63) is 42.0 Å². The molecule has 3 rings (SSSR count). The van der Waals surface area contributed by atoms with Crippen LogP contribution in [0.5, 0.6) is 0 Å². The first-order chi connectivity index (χ1) is 10.1. The number of nitrogens with zero attached hydrogens (tertiary/aromatic N) is 3. The van der Waals surface area contributed by atoms with Crippen LogP contribution in [-0.2, 0) is 0 Å². The molecule has 1 aliphatic carbocycles. The van der Waals surface area contributed by atoms with Gasteiger partial charge in [-0.2, -0.15) is 9.90 Å². The third-order valence-electron chi connectivity index (χ3n) is 3.51. The molecule has 1 saturated carbocycles. The third kappa shape index (κ3) is 3.25. The summed E-state index contributed by atoms with van der Waals surface area (Å²) in [6.45, 7) is 0.437. The van der Waals surface area contributed by atoms with Gasteiger partial charge in [0.05, 0.1) is 11.9 Å². The number of nitrogens with two attached hydrogens (primary N) is 1. The molecule has 1 fully saturated rings. The van der Waals surface area contributed by atoms with Gasteiger partial charge in [0.15, 0.2) is 5.69 Å². The van der Waals surface area contributed by atoms with E-state index in [4.69, 9.17) is 5.73 Å². The van der Waals surface area contributed by atoms with Crippen LogP contribution in [0.25, 0.3) is 5.69 Å². The van der Waals surface area contributed by atoms with Gasteiger partial charge in [0.2, 0.25) is 0 Å². The van der Waals surface area contributed by atoms with Crippen molar-refractivity contribution < 1.29 is 9.18 Å². The summed E-state index contributed by atoms with van der Waals surface area (Å²) in [5.74, 6) is -0.113. The van der Waals surface area contributed by atoms with Gasteiger partial charge in [-0.3, -0.25) is 4.79 Å². The molecule has 0 spiro atoms. The molecular formula is C14H16FN5O. The molecule has 1 unspecified atom stereocenters. The Bertz CT molecular complexity index is 635. The van der Waals surface area contributed by atoms with Gasteiger partial charge >= 0.3 is 0 Å². The SMILES string of the molecule is NC(CNC(=O)c1cnn(-c2ccc(F)cc2)n1)C1CC1. The fraction of sp³-hybridized carbons (Fsp3) is 0.357. The van der Waals surface area contributed by atoms with Crippen LogP contribution in [0, 0.1) is 11.7 Å². The van der Waals surface area contributed by atoms with Crippen molar-refractivity contribution in [3.8, 4) is 5.69 Å². The average Bonchev–Trinajstić information content (AvgIpc) is 3.23. The van der Waals surface area contributed by atoms with Crippen LogP contribution in [0.4, 0.5) is 4.39 Å². The number of rotatable bonds is 5. The van der Waals surface area contributed by atoms with Crippen molar-refractivity contribution in [2.45, 2.75) is 18.9 Å². The Morgan fingerprint density at radius 1 is 1.43 bits per heavy atom. The molecule has 0 radical (unpaired) electrons. The molecule has 0 bridgehead atoms. The Kier molecular flexibility index (Phi) is 3.66. The second kappa shape index (κ2) is 5.61. The number of carbonyl (C=O) groups is 1. The molecule has 1 atom stereocenters. The quantitative estimate of drug-likeness (QED) is 0.855. The van der Waals surface area contributed by atoms with E-state index < -0.39 is 0 Å². The fourth-order valence-electron chi connectivity index (χ4n) is 2.06. The van der Waals surface area contributed by atoms with Gasteiger partial charge in [-0.05, 0) is 43.0 Å². The van der Waals surface area contributed by atoms with Crippen molar-refractivity contribution >= 4 is 5.91 Å². The molecule has 1 aliphatic rings. The molecule has 6 nitrogen and oxygen atoms in total. The normalized spacial score (nSPS) is 15.7. The summed E-state index contributed by atoms with van der Waals surface area (Å²) in [6.07, 6.45) is 3.65. The van der Waals surface area contributed by atoms with Gasteiger partial charge in [0.25, 0.3) is 5.91 Å². The highest BCUT2D eigenvalue weighted by atomic mass is 19.1. The molecule has 1 aromatic heterocycles. The van der Waals surface area contributed by atoms with Gasteiger partial charge in [0, 0.05) is 12.6 Å². The van der Waals surface area contributed by atoms with E-state index in [-0.39, 0.29) is 23.5 Å². The summed E-state index contributed by atoms with van der Waals surface area (Å²) in [6, 6.07) is 5.71. The van der Waals surface area contributed by atoms with Crippen molar-refractivity contribution in [2.24, 2.45) is 11.7 Å². The smallest absolute Gasteiger partial charge is 0.273 e. The monoisotopic (exact) mass is 289 g/mol. The molecule has 7 heteroatoms. The highest BCUT2D eigenvalue weighted by Gasteiger charge is 2.28. The van der Waals surface area contributed by atoms with E-state index in [0.29, 0.717) is 18.2 Å². The molecule has 0 saturated heterocycles. The molecular weight excluding hydrogens is 273 g/mol. The van der Waals surface area contributed by atoms with Crippen LogP contribution in [0.1, 0.15) is 23.3 Å². The zero-order chi connectivity index (χ0) is 14.8. The highest BCUT2D eigenvalue weighted by molar-refractivity contribution is 5.91. The van der Waals surface area contributed by atoms with E-state index in [1.807, 2.05) is 0 Å². The van der Waals surface area contributed by atoms with Gasteiger partial charge in [0.1, 0.15) is 5.82 Å². The summed E-state index contributed by atoms with van der Waals surface area (Å²) in [7, 11) is 0. The number of hydrogen-bond acceptors (Lipinski definition) is 4. The number of nitrogens with one attached hydrogen (secondary N) is 1. The van der Waals surface area contributed by atoms with Crippen molar-refractivity contribution in [3.63, 3.8) is 0 Å². The van der Waals surface area contributed by atoms with Gasteiger partial charge < -0.3 is 11.1 Å². The second-order valence-corrected chi connectivity index (χ2v) is 5.21. The van der Waals surface area contributed by atoms with E-state index in [9.17, 15) is 9.18 Å². The highest BCUT2D eigenvalue weighted by Crippen LogP contribution is 2.31. The molecule has 0 aliphatic heterocycles. The molecule has 21 heavy (non-hydrogen) atoms. The van der Waals surface area contributed by atoms with Gasteiger partial charge in [-0.25, -0.2) is 4.39 Å². The molecule has 1 aromatic carbocycles.